The molecule has 30 heavy (non-hydrogen) atoms. The normalized spacial score (nSPS) is 16.2. The van der Waals surface area contributed by atoms with Crippen molar-refractivity contribution in [2.24, 2.45) is 0 Å². The lowest BCUT2D eigenvalue weighted by Crippen LogP contribution is -2.33. The molecule has 1 N–H and O–H groups in total. The number of benzene rings is 1. The first-order valence-electron chi connectivity index (χ1n) is 9.78. The second-order valence-corrected chi connectivity index (χ2v) is 7.21. The summed E-state index contributed by atoms with van der Waals surface area (Å²) in [5.41, 5.74) is 3.24. The van der Waals surface area contributed by atoms with Crippen LogP contribution in [0.3, 0.4) is 0 Å². The molecule has 5 rings (SSSR count). The van der Waals surface area contributed by atoms with E-state index in [2.05, 4.69) is 14.9 Å². The number of furan rings is 1. The molecule has 0 spiro atoms. The molecule has 1 aliphatic rings. The second kappa shape index (κ2) is 7.55. The summed E-state index contributed by atoms with van der Waals surface area (Å²) in [4.78, 5) is 24.0. The summed E-state index contributed by atoms with van der Waals surface area (Å²) >= 11 is 0. The molecule has 0 bridgehead atoms. The van der Waals surface area contributed by atoms with Crippen molar-refractivity contribution in [3.05, 3.63) is 61.2 Å². The number of hydrogen-bond donors (Lipinski definition) is 1. The Balaban J connectivity index is 1.40. The number of likely N-dealkylation sites (tertiary alicyclic amines) is 1. The molecule has 4 heterocycles. The summed E-state index contributed by atoms with van der Waals surface area (Å²) in [6, 6.07) is 13.0. The second-order valence-electron chi connectivity index (χ2n) is 7.21. The summed E-state index contributed by atoms with van der Waals surface area (Å²) in [6.07, 6.45) is 5.90. The number of urea groups is 1. The Morgan fingerprint density at radius 3 is 3.03 bits per heavy atom. The van der Waals surface area contributed by atoms with Gasteiger partial charge in [-0.1, -0.05) is 6.07 Å². The van der Waals surface area contributed by atoms with E-state index in [1.165, 1.54) is 0 Å². The van der Waals surface area contributed by atoms with Crippen LogP contribution < -0.4 is 10.1 Å². The summed E-state index contributed by atoms with van der Waals surface area (Å²) < 4.78 is 12.6. The van der Waals surface area contributed by atoms with E-state index in [4.69, 9.17) is 14.1 Å². The number of carbonyl (C=O) groups excluding carboxylic acids is 1. The number of nitrogens with zero attached hydrogens (tertiary/aromatic N) is 4. The van der Waals surface area contributed by atoms with Gasteiger partial charge in [-0.15, -0.1) is 0 Å². The molecule has 8 nitrogen and oxygen atoms in total. The Kier molecular flexibility index (Phi) is 4.59. The minimum Gasteiger partial charge on any atom is -0.497 e. The van der Waals surface area contributed by atoms with E-state index in [1.807, 2.05) is 41.3 Å². The summed E-state index contributed by atoms with van der Waals surface area (Å²) in [7, 11) is 1.60. The van der Waals surface area contributed by atoms with Gasteiger partial charge in [0.25, 0.3) is 0 Å². The van der Waals surface area contributed by atoms with Gasteiger partial charge in [-0.25, -0.2) is 14.8 Å². The molecule has 2 amide bonds. The number of anilines is 1. The van der Waals surface area contributed by atoms with Crippen LogP contribution in [-0.4, -0.2) is 45.7 Å². The van der Waals surface area contributed by atoms with Crippen LogP contribution in [0, 0.1) is 0 Å². The molecule has 0 radical (unpaired) electrons. The van der Waals surface area contributed by atoms with E-state index < -0.39 is 0 Å². The fourth-order valence-corrected chi connectivity index (χ4v) is 3.91. The molecule has 1 unspecified atom stereocenters. The topological polar surface area (TPSA) is 85.4 Å². The molecule has 1 atom stereocenters. The fourth-order valence-electron chi connectivity index (χ4n) is 3.91. The number of amides is 2. The molecular formula is C22H21N5O3. The Hall–Kier alpha value is -3.81. The number of imidazole rings is 1. The monoisotopic (exact) mass is 403 g/mol. The first-order valence-corrected chi connectivity index (χ1v) is 9.78. The summed E-state index contributed by atoms with van der Waals surface area (Å²) in [5.74, 6) is 1.50. The van der Waals surface area contributed by atoms with Crippen molar-refractivity contribution < 1.29 is 13.9 Å². The Morgan fingerprint density at radius 1 is 1.27 bits per heavy atom. The van der Waals surface area contributed by atoms with Crippen molar-refractivity contribution in [1.29, 1.82) is 0 Å². The van der Waals surface area contributed by atoms with E-state index in [0.717, 1.165) is 29.0 Å². The lowest BCUT2D eigenvalue weighted by atomic mass is 10.2. The lowest BCUT2D eigenvalue weighted by Gasteiger charge is -2.19. The molecule has 8 heteroatoms. The highest BCUT2D eigenvalue weighted by Gasteiger charge is 2.31. The number of methoxy groups -OCH3 is 1. The smallest absolute Gasteiger partial charge is 0.321 e. The number of aromatic nitrogens is 3. The number of rotatable bonds is 4. The van der Waals surface area contributed by atoms with Crippen molar-refractivity contribution in [3.63, 3.8) is 0 Å². The maximum Gasteiger partial charge on any atom is 0.321 e. The van der Waals surface area contributed by atoms with Gasteiger partial charge >= 0.3 is 6.03 Å². The predicted octanol–water partition coefficient (Wildman–Crippen LogP) is 4.18. The number of pyridine rings is 1. The zero-order valence-electron chi connectivity index (χ0n) is 16.5. The minimum absolute atomic E-state index is 0.0749. The number of nitrogens with one attached hydrogen (secondary N) is 1. The molecule has 1 aromatic carbocycles. The zero-order chi connectivity index (χ0) is 20.5. The van der Waals surface area contributed by atoms with Crippen LogP contribution in [0.4, 0.5) is 10.5 Å². The third kappa shape index (κ3) is 3.26. The predicted molar refractivity (Wildman–Crippen MR) is 112 cm³/mol. The molecule has 4 aromatic rings. The van der Waals surface area contributed by atoms with Crippen molar-refractivity contribution in [3.8, 4) is 17.1 Å². The zero-order valence-corrected chi connectivity index (χ0v) is 16.5. The van der Waals surface area contributed by atoms with Gasteiger partial charge in [0.2, 0.25) is 0 Å². The van der Waals surface area contributed by atoms with E-state index in [9.17, 15) is 4.79 Å². The molecule has 1 saturated heterocycles. The quantitative estimate of drug-likeness (QED) is 0.553. The number of hydrogen-bond acceptors (Lipinski definition) is 5. The van der Waals surface area contributed by atoms with E-state index >= 15 is 0 Å². The van der Waals surface area contributed by atoms with Crippen molar-refractivity contribution in [2.45, 2.75) is 12.5 Å². The third-order valence-electron chi connectivity index (χ3n) is 5.36. The van der Waals surface area contributed by atoms with Gasteiger partial charge in [0.15, 0.2) is 5.65 Å². The van der Waals surface area contributed by atoms with Gasteiger partial charge in [0.1, 0.15) is 23.4 Å². The molecular weight excluding hydrogens is 382 g/mol. The van der Waals surface area contributed by atoms with Crippen molar-refractivity contribution in [2.75, 3.05) is 25.5 Å². The average Bonchev–Trinajstić information content (AvgIpc) is 3.52. The highest BCUT2D eigenvalue weighted by atomic mass is 16.5. The first-order chi connectivity index (χ1) is 14.7. The van der Waals surface area contributed by atoms with E-state index in [-0.39, 0.29) is 12.1 Å². The lowest BCUT2D eigenvalue weighted by molar-refractivity contribution is 0.221. The number of ether oxygens (including phenoxy) is 1. The number of carbonyl (C=O) groups is 1. The van der Waals surface area contributed by atoms with Crippen molar-refractivity contribution >= 4 is 22.9 Å². The van der Waals surface area contributed by atoms with Crippen LogP contribution in [0.1, 0.15) is 12.5 Å². The molecule has 152 valence electrons. The SMILES string of the molecule is COc1cccc(NC(=O)N2CCC(n3c(-c4ccoc4)nc4cccnc43)C2)c1. The van der Waals surface area contributed by atoms with Crippen LogP contribution in [-0.2, 0) is 0 Å². The maximum absolute atomic E-state index is 12.8. The van der Waals surface area contributed by atoms with Crippen LogP contribution >= 0.6 is 0 Å². The molecule has 0 saturated carbocycles. The van der Waals surface area contributed by atoms with Gasteiger partial charge in [-0.2, -0.15) is 0 Å². The largest absolute Gasteiger partial charge is 0.497 e. The van der Waals surface area contributed by atoms with Crippen molar-refractivity contribution in [1.82, 2.24) is 19.4 Å². The van der Waals surface area contributed by atoms with E-state index in [0.29, 0.717) is 24.5 Å². The Bertz CT molecular complexity index is 1180. The van der Waals surface area contributed by atoms with Gasteiger partial charge in [-0.3, -0.25) is 0 Å². The minimum atomic E-state index is -0.131. The van der Waals surface area contributed by atoms with E-state index in [1.54, 1.807) is 31.9 Å². The standard InChI is InChI=1S/C22H21N5O3/c1-29-18-5-2-4-16(12-18)24-22(28)26-10-7-17(13-26)27-20(15-8-11-30-14-15)25-19-6-3-9-23-21(19)27/h2-6,8-9,11-12,14,17H,7,10,13H2,1H3,(H,24,28). The van der Waals surface area contributed by atoms with Gasteiger partial charge in [0, 0.05) is 31.0 Å². The molecule has 3 aromatic heterocycles. The molecule has 1 fully saturated rings. The summed E-state index contributed by atoms with van der Waals surface area (Å²) in [6.45, 7) is 1.22. The van der Waals surface area contributed by atoms with Crippen LogP contribution in [0.25, 0.3) is 22.6 Å². The number of fused-ring (bicyclic) bond motifs is 1. The Morgan fingerprint density at radius 2 is 2.20 bits per heavy atom. The van der Waals surface area contributed by atoms with Gasteiger partial charge < -0.3 is 23.9 Å². The highest BCUT2D eigenvalue weighted by molar-refractivity contribution is 5.89. The fraction of sp³-hybridized carbons (Fsp3) is 0.227. The summed E-state index contributed by atoms with van der Waals surface area (Å²) in [5, 5.41) is 2.96. The van der Waals surface area contributed by atoms with Gasteiger partial charge in [-0.05, 0) is 36.8 Å². The third-order valence-corrected chi connectivity index (χ3v) is 5.36. The molecule has 0 aliphatic carbocycles. The first kappa shape index (κ1) is 18.2. The van der Waals surface area contributed by atoms with Crippen LogP contribution in [0.2, 0.25) is 0 Å². The molecule has 1 aliphatic heterocycles. The average molecular weight is 403 g/mol. The van der Waals surface area contributed by atoms with Gasteiger partial charge in [0.05, 0.1) is 25.0 Å². The van der Waals surface area contributed by atoms with Crippen LogP contribution in [0.5, 0.6) is 5.75 Å². The van der Waals surface area contributed by atoms with Crippen LogP contribution in [0.15, 0.2) is 65.6 Å². The Labute approximate surface area is 173 Å². The maximum atomic E-state index is 12.8. The highest BCUT2D eigenvalue weighted by Crippen LogP contribution is 2.32.